The average molecular weight is 631 g/mol. The van der Waals surface area contributed by atoms with Crippen LogP contribution in [0, 0.1) is 45.6 Å². The van der Waals surface area contributed by atoms with E-state index in [-0.39, 0.29) is 47.1 Å². The number of aldehydes is 1. The summed E-state index contributed by atoms with van der Waals surface area (Å²) in [7, 11) is 0. The molecular weight excluding hydrogens is 564 g/mol. The summed E-state index contributed by atoms with van der Waals surface area (Å²) in [6.45, 7) is 23.3. The van der Waals surface area contributed by atoms with Gasteiger partial charge in [0.05, 0.1) is 0 Å². The van der Waals surface area contributed by atoms with Crippen LogP contribution in [-0.4, -0.2) is 52.7 Å². The Balaban J connectivity index is -0.000000150. The summed E-state index contributed by atoms with van der Waals surface area (Å²) in [6.07, 6.45) is 9.05. The van der Waals surface area contributed by atoms with Crippen LogP contribution in [0.25, 0.3) is 0 Å². The number of Topliss-reactive ketones (excluding diaryl/α,β-unsaturated/α-hetero) is 2. The molecule has 0 aromatic heterocycles. The molecule has 10 nitrogen and oxygen atoms in total. The second-order valence-electron chi connectivity index (χ2n) is 12.7. The fourth-order valence-electron chi connectivity index (χ4n) is 3.38. The molecule has 44 heavy (non-hydrogen) atoms. The molecule has 260 valence electrons. The van der Waals surface area contributed by atoms with Crippen molar-refractivity contribution in [1.29, 1.82) is 0 Å². The second-order valence-corrected chi connectivity index (χ2v) is 12.7. The maximum absolute atomic E-state index is 10.8. The third-order valence-corrected chi connectivity index (χ3v) is 5.42. The standard InChI is InChI=1S/C9H17NO3.C8H17NO2.C8H14O.C5H10O.C4H8O/c1-7(2)4-9(5-8(3)11)6-10(12)13;1-6(2)3-7(5-9)4-8(10)11;1-7(2)5-4-6-8(3)9;1-5(2)3-4-6;1-3-4(2)5/h7,9H,4-6H2,1-3H3;6-7H,3-5,9H2,1-2H3,(H,10,11);4,6-7H,5H2,1-3H3;4-5H,3H2,1-2H3;3H2,1-2H3/b;;6-4+;;. The van der Waals surface area contributed by atoms with Gasteiger partial charge in [0.25, 0.3) is 0 Å². The van der Waals surface area contributed by atoms with Gasteiger partial charge in [0.2, 0.25) is 6.54 Å². The maximum atomic E-state index is 10.8. The van der Waals surface area contributed by atoms with Crippen LogP contribution in [0.2, 0.25) is 0 Å². The van der Waals surface area contributed by atoms with E-state index in [9.17, 15) is 34.1 Å². The highest BCUT2D eigenvalue weighted by atomic mass is 16.6. The maximum Gasteiger partial charge on any atom is 0.303 e. The Labute approximate surface area is 268 Å². The number of ketones is 3. The predicted octanol–water partition coefficient (Wildman–Crippen LogP) is 7.38. The fraction of sp³-hybridized carbons (Fsp3) is 0.794. The Hall–Kier alpha value is -2.75. The normalized spacial score (nSPS) is 11.6. The van der Waals surface area contributed by atoms with E-state index in [1.54, 1.807) is 19.9 Å². The molecule has 10 heteroatoms. The molecule has 0 saturated heterocycles. The number of allylic oxidation sites excluding steroid dienone is 2. The van der Waals surface area contributed by atoms with Crippen LogP contribution in [-0.2, 0) is 24.0 Å². The highest BCUT2D eigenvalue weighted by Gasteiger charge is 2.18. The van der Waals surface area contributed by atoms with Crippen LogP contribution in [0.1, 0.15) is 128 Å². The lowest BCUT2D eigenvalue weighted by Gasteiger charge is -2.13. The molecule has 0 fully saturated rings. The summed E-state index contributed by atoms with van der Waals surface area (Å²) in [5, 5.41) is 18.7. The molecule has 0 aromatic rings. The summed E-state index contributed by atoms with van der Waals surface area (Å²) in [5.41, 5.74) is 5.41. The monoisotopic (exact) mass is 630 g/mol. The Bertz CT molecular complexity index is 774. The van der Waals surface area contributed by atoms with Crippen LogP contribution in [0.3, 0.4) is 0 Å². The number of hydrogen-bond donors (Lipinski definition) is 2. The number of nitro groups is 1. The van der Waals surface area contributed by atoms with Crippen molar-refractivity contribution < 1.29 is 34.0 Å². The third kappa shape index (κ3) is 62.8. The first kappa shape index (κ1) is 50.9. The lowest BCUT2D eigenvalue weighted by atomic mass is 9.93. The largest absolute Gasteiger partial charge is 0.481 e. The van der Waals surface area contributed by atoms with E-state index in [4.69, 9.17) is 10.8 Å². The molecule has 3 N–H and O–H groups in total. The van der Waals surface area contributed by atoms with Crippen molar-refractivity contribution in [2.24, 2.45) is 41.2 Å². The zero-order chi connectivity index (χ0) is 35.8. The van der Waals surface area contributed by atoms with Crippen LogP contribution in [0.5, 0.6) is 0 Å². The molecule has 0 heterocycles. The van der Waals surface area contributed by atoms with Crippen molar-refractivity contribution in [1.82, 2.24) is 0 Å². The van der Waals surface area contributed by atoms with Gasteiger partial charge < -0.3 is 25.2 Å². The van der Waals surface area contributed by atoms with Gasteiger partial charge in [-0.3, -0.25) is 19.7 Å². The Kier molecular flexibility index (Phi) is 40.1. The quantitative estimate of drug-likeness (QED) is 0.0718. The van der Waals surface area contributed by atoms with Gasteiger partial charge in [-0.1, -0.05) is 68.4 Å². The third-order valence-electron chi connectivity index (χ3n) is 5.42. The molecule has 0 amide bonds. The molecule has 0 bridgehead atoms. The van der Waals surface area contributed by atoms with Crippen LogP contribution in [0.15, 0.2) is 12.2 Å². The van der Waals surface area contributed by atoms with Crippen molar-refractivity contribution in [2.75, 3.05) is 13.1 Å². The van der Waals surface area contributed by atoms with Crippen molar-refractivity contribution in [3.63, 3.8) is 0 Å². The number of carbonyl (C=O) groups excluding carboxylic acids is 4. The minimum atomic E-state index is -0.749. The second kappa shape index (κ2) is 34.7. The van der Waals surface area contributed by atoms with E-state index in [1.165, 1.54) is 6.92 Å². The van der Waals surface area contributed by atoms with Crippen LogP contribution >= 0.6 is 0 Å². The number of carboxylic acids is 1. The number of nitrogens with zero attached hydrogens (tertiary/aromatic N) is 1. The van der Waals surface area contributed by atoms with Gasteiger partial charge in [0.15, 0.2) is 5.78 Å². The molecule has 0 aliphatic heterocycles. The first-order valence-corrected chi connectivity index (χ1v) is 15.8. The number of nitrogens with two attached hydrogens (primary N) is 1. The van der Waals surface area contributed by atoms with Gasteiger partial charge in [-0.05, 0) is 82.2 Å². The first-order valence-electron chi connectivity index (χ1n) is 15.8. The van der Waals surface area contributed by atoms with Gasteiger partial charge in [0.1, 0.15) is 17.9 Å². The van der Waals surface area contributed by atoms with E-state index in [1.807, 2.05) is 40.7 Å². The SMILES string of the molecule is CC(=O)/C=C/CC(C)C.CC(=O)CC(CC(C)C)C[N+](=O)[O-].CC(C)CC(CN)CC(=O)O.CC(C)CC=O.CCC(C)=O. The van der Waals surface area contributed by atoms with Gasteiger partial charge in [0, 0.05) is 36.5 Å². The number of carboxylic acid groups (broad SMARTS) is 1. The minimum Gasteiger partial charge on any atom is -0.481 e. The van der Waals surface area contributed by atoms with Crippen LogP contribution in [0.4, 0.5) is 0 Å². The summed E-state index contributed by atoms with van der Waals surface area (Å²) in [4.78, 5) is 60.8. The minimum absolute atomic E-state index is 0.0347. The fourth-order valence-corrected chi connectivity index (χ4v) is 3.38. The summed E-state index contributed by atoms with van der Waals surface area (Å²) in [6, 6.07) is 0. The molecule has 0 radical (unpaired) electrons. The first-order chi connectivity index (χ1) is 20.1. The summed E-state index contributed by atoms with van der Waals surface area (Å²) < 4.78 is 0. The molecule has 0 aromatic carbocycles. The summed E-state index contributed by atoms with van der Waals surface area (Å²) >= 11 is 0. The van der Waals surface area contributed by atoms with E-state index >= 15 is 0 Å². The highest BCUT2D eigenvalue weighted by Crippen LogP contribution is 2.16. The molecule has 0 rings (SSSR count). The number of carbonyl (C=O) groups is 5. The van der Waals surface area contributed by atoms with E-state index < -0.39 is 5.97 Å². The molecule has 0 saturated carbocycles. The Morgan fingerprint density at radius 2 is 1.20 bits per heavy atom. The van der Waals surface area contributed by atoms with E-state index in [0.29, 0.717) is 49.5 Å². The Morgan fingerprint density at radius 1 is 0.773 bits per heavy atom. The highest BCUT2D eigenvalue weighted by molar-refractivity contribution is 5.87. The van der Waals surface area contributed by atoms with Crippen molar-refractivity contribution in [3.8, 4) is 0 Å². The average Bonchev–Trinajstić information content (AvgIpc) is 2.82. The number of rotatable bonds is 17. The van der Waals surface area contributed by atoms with Gasteiger partial charge in [-0.15, -0.1) is 0 Å². The lowest BCUT2D eigenvalue weighted by Crippen LogP contribution is -2.19. The summed E-state index contributed by atoms with van der Waals surface area (Å²) in [5.74, 6) is 1.85. The van der Waals surface area contributed by atoms with Gasteiger partial charge >= 0.3 is 5.97 Å². The number of hydrogen-bond acceptors (Lipinski definition) is 8. The zero-order valence-corrected chi connectivity index (χ0v) is 29.9. The molecule has 2 unspecified atom stereocenters. The zero-order valence-electron chi connectivity index (χ0n) is 29.9. The van der Waals surface area contributed by atoms with Crippen molar-refractivity contribution >= 4 is 29.6 Å². The van der Waals surface area contributed by atoms with Crippen LogP contribution < -0.4 is 5.73 Å². The van der Waals surface area contributed by atoms with Gasteiger partial charge in [-0.2, -0.15) is 0 Å². The molecule has 0 spiro atoms. The van der Waals surface area contributed by atoms with E-state index in [0.717, 1.165) is 25.5 Å². The smallest absolute Gasteiger partial charge is 0.303 e. The predicted molar refractivity (Wildman–Crippen MR) is 180 cm³/mol. The molecule has 0 aliphatic carbocycles. The molecule has 0 aliphatic rings. The topological polar surface area (TPSA) is 175 Å². The van der Waals surface area contributed by atoms with Crippen molar-refractivity contribution in [3.05, 3.63) is 22.3 Å². The lowest BCUT2D eigenvalue weighted by molar-refractivity contribution is -0.488. The van der Waals surface area contributed by atoms with Crippen molar-refractivity contribution in [2.45, 2.75) is 128 Å². The number of aliphatic carboxylic acids is 1. The molecule has 2 atom stereocenters. The van der Waals surface area contributed by atoms with Gasteiger partial charge in [-0.25, -0.2) is 0 Å². The Morgan fingerprint density at radius 3 is 1.43 bits per heavy atom. The molecular formula is C34H66N2O8. The van der Waals surface area contributed by atoms with E-state index in [2.05, 4.69) is 27.7 Å².